The van der Waals surface area contributed by atoms with Crippen molar-refractivity contribution in [3.63, 3.8) is 0 Å². The van der Waals surface area contributed by atoms with E-state index in [0.29, 0.717) is 25.1 Å². The molecule has 0 aliphatic carbocycles. The Morgan fingerprint density at radius 1 is 0.949 bits per heavy atom. The number of amides is 1. The summed E-state index contributed by atoms with van der Waals surface area (Å²) < 4.78 is 10.8. The molecular formula is C31H36N4O4. The van der Waals surface area contributed by atoms with Crippen LogP contribution in [0.25, 0.3) is 33.5 Å². The first kappa shape index (κ1) is 28.0. The molecule has 2 aromatic carbocycles. The van der Waals surface area contributed by atoms with Gasteiger partial charge in [-0.25, -0.2) is 14.8 Å². The number of ether oxygens (including phenoxy) is 2. The molecule has 0 atom stereocenters. The Bertz CT molecular complexity index is 1400. The third-order valence-corrected chi connectivity index (χ3v) is 6.05. The minimum Gasteiger partial charge on any atom is -0.444 e. The Hall–Kier alpha value is -4.04. The predicted molar refractivity (Wildman–Crippen MR) is 153 cm³/mol. The maximum Gasteiger partial charge on any atom is 0.407 e. The largest absolute Gasteiger partial charge is 0.444 e. The van der Waals surface area contributed by atoms with Gasteiger partial charge in [0.15, 0.2) is 5.78 Å². The molecule has 0 aliphatic rings. The standard InChI is InChI=1S/C31H36N4O4/c1-5-16-38-17-6-7-27(36)23-14-12-22(13-15-23)26-18-25-28(33-20-34-29(25)35-26)24-10-8-21(9-11-24)19-32-30(37)39-31(2,3)4/h8-15,18,20H,5-7,16-17,19H2,1-4H3,(H,32,37)(H,33,34,35). The van der Waals surface area contributed by atoms with Crippen molar-refractivity contribution in [2.24, 2.45) is 0 Å². The van der Waals surface area contributed by atoms with E-state index in [0.717, 1.165) is 58.6 Å². The van der Waals surface area contributed by atoms with Gasteiger partial charge in [-0.2, -0.15) is 0 Å². The summed E-state index contributed by atoms with van der Waals surface area (Å²) in [5.41, 5.74) is 5.47. The predicted octanol–water partition coefficient (Wildman–Crippen LogP) is 6.71. The minimum absolute atomic E-state index is 0.121. The van der Waals surface area contributed by atoms with Crippen molar-refractivity contribution in [3.8, 4) is 22.5 Å². The molecule has 2 heterocycles. The van der Waals surface area contributed by atoms with Gasteiger partial charge in [0.2, 0.25) is 0 Å². The number of benzene rings is 2. The maximum absolute atomic E-state index is 12.5. The van der Waals surface area contributed by atoms with Crippen LogP contribution >= 0.6 is 0 Å². The molecule has 0 saturated heterocycles. The molecule has 2 N–H and O–H groups in total. The molecular weight excluding hydrogens is 492 g/mol. The molecule has 39 heavy (non-hydrogen) atoms. The van der Waals surface area contributed by atoms with Crippen LogP contribution in [0, 0.1) is 0 Å². The topological polar surface area (TPSA) is 106 Å². The van der Waals surface area contributed by atoms with E-state index in [1.165, 1.54) is 0 Å². The first-order chi connectivity index (χ1) is 18.7. The van der Waals surface area contributed by atoms with Gasteiger partial charge in [-0.1, -0.05) is 55.5 Å². The van der Waals surface area contributed by atoms with Gasteiger partial charge in [0, 0.05) is 48.4 Å². The number of Topliss-reactive ketones (excluding diaryl/α,β-unsaturated/α-hetero) is 1. The van der Waals surface area contributed by atoms with Crippen molar-refractivity contribution in [2.45, 2.75) is 59.1 Å². The minimum atomic E-state index is -0.537. The highest BCUT2D eigenvalue weighted by molar-refractivity contribution is 5.97. The number of carbonyl (C=O) groups is 2. The molecule has 0 fully saturated rings. The molecule has 4 rings (SSSR count). The molecule has 0 spiro atoms. The summed E-state index contributed by atoms with van der Waals surface area (Å²) >= 11 is 0. The smallest absolute Gasteiger partial charge is 0.407 e. The van der Waals surface area contributed by atoms with Crippen molar-refractivity contribution in [1.82, 2.24) is 20.3 Å². The van der Waals surface area contributed by atoms with E-state index in [2.05, 4.69) is 27.2 Å². The Morgan fingerprint density at radius 2 is 1.67 bits per heavy atom. The highest BCUT2D eigenvalue weighted by Crippen LogP contribution is 2.30. The zero-order valence-electron chi connectivity index (χ0n) is 23.0. The van der Waals surface area contributed by atoms with Gasteiger partial charge in [-0.3, -0.25) is 4.79 Å². The van der Waals surface area contributed by atoms with Gasteiger partial charge in [0.25, 0.3) is 0 Å². The van der Waals surface area contributed by atoms with Crippen LogP contribution in [0.5, 0.6) is 0 Å². The van der Waals surface area contributed by atoms with Crippen molar-refractivity contribution in [3.05, 3.63) is 72.1 Å². The van der Waals surface area contributed by atoms with Gasteiger partial charge < -0.3 is 19.8 Å². The van der Waals surface area contributed by atoms with Crippen molar-refractivity contribution in [2.75, 3.05) is 13.2 Å². The average Bonchev–Trinajstić information content (AvgIpc) is 3.36. The monoisotopic (exact) mass is 528 g/mol. The highest BCUT2D eigenvalue weighted by atomic mass is 16.6. The van der Waals surface area contributed by atoms with Crippen LogP contribution in [0.3, 0.4) is 0 Å². The van der Waals surface area contributed by atoms with Crippen molar-refractivity contribution in [1.29, 1.82) is 0 Å². The van der Waals surface area contributed by atoms with Crippen molar-refractivity contribution >= 4 is 22.9 Å². The van der Waals surface area contributed by atoms with Crippen LogP contribution in [0.4, 0.5) is 4.79 Å². The van der Waals surface area contributed by atoms with E-state index in [1.54, 1.807) is 6.33 Å². The summed E-state index contributed by atoms with van der Waals surface area (Å²) in [6.45, 7) is 9.28. The zero-order chi connectivity index (χ0) is 27.8. The number of alkyl carbamates (subject to hydrolysis) is 1. The number of fused-ring (bicyclic) bond motifs is 1. The van der Waals surface area contributed by atoms with E-state index in [9.17, 15) is 9.59 Å². The number of rotatable bonds is 11. The van der Waals surface area contributed by atoms with E-state index in [-0.39, 0.29) is 5.78 Å². The number of carbonyl (C=O) groups excluding carboxylic acids is 2. The lowest BCUT2D eigenvalue weighted by Crippen LogP contribution is -2.32. The first-order valence-corrected chi connectivity index (χ1v) is 13.3. The number of nitrogens with zero attached hydrogens (tertiary/aromatic N) is 2. The average molecular weight is 529 g/mol. The summed E-state index contributed by atoms with van der Waals surface area (Å²) in [4.78, 5) is 36.8. The number of ketones is 1. The van der Waals surface area contributed by atoms with Crippen LogP contribution < -0.4 is 5.32 Å². The number of hydrogen-bond acceptors (Lipinski definition) is 6. The molecule has 0 saturated carbocycles. The summed E-state index contributed by atoms with van der Waals surface area (Å²) in [7, 11) is 0. The molecule has 0 bridgehead atoms. The van der Waals surface area contributed by atoms with Crippen molar-refractivity contribution < 1.29 is 19.1 Å². The summed E-state index contributed by atoms with van der Waals surface area (Å²) in [5, 5.41) is 3.68. The van der Waals surface area contributed by atoms with Gasteiger partial charge in [-0.05, 0) is 50.8 Å². The lowest BCUT2D eigenvalue weighted by atomic mass is 10.0. The Kier molecular flexibility index (Phi) is 9.09. The molecule has 0 unspecified atom stereocenters. The van der Waals surface area contributed by atoms with Gasteiger partial charge in [-0.15, -0.1) is 0 Å². The second kappa shape index (κ2) is 12.7. The molecule has 1 amide bonds. The van der Waals surface area contributed by atoms with E-state index < -0.39 is 11.7 Å². The van der Waals surface area contributed by atoms with Crippen LogP contribution in [-0.2, 0) is 16.0 Å². The lowest BCUT2D eigenvalue weighted by Gasteiger charge is -2.19. The molecule has 8 heteroatoms. The lowest BCUT2D eigenvalue weighted by molar-refractivity contribution is 0.0523. The summed E-state index contributed by atoms with van der Waals surface area (Å²) in [6, 6.07) is 17.5. The summed E-state index contributed by atoms with van der Waals surface area (Å²) in [5.74, 6) is 0.121. The normalized spacial score (nSPS) is 11.5. The Morgan fingerprint density at radius 3 is 2.36 bits per heavy atom. The zero-order valence-corrected chi connectivity index (χ0v) is 23.0. The first-order valence-electron chi connectivity index (χ1n) is 13.3. The fourth-order valence-electron chi connectivity index (χ4n) is 4.16. The Labute approximate surface area is 229 Å². The third-order valence-electron chi connectivity index (χ3n) is 6.05. The van der Waals surface area contributed by atoms with Crippen LogP contribution in [0.1, 0.15) is 62.9 Å². The molecule has 8 nitrogen and oxygen atoms in total. The number of hydrogen-bond donors (Lipinski definition) is 2. The fourth-order valence-corrected chi connectivity index (χ4v) is 4.16. The third kappa shape index (κ3) is 7.74. The van der Waals surface area contributed by atoms with Crippen LogP contribution in [0.15, 0.2) is 60.9 Å². The molecule has 4 aromatic rings. The maximum atomic E-state index is 12.5. The molecule has 204 valence electrons. The van der Waals surface area contributed by atoms with E-state index >= 15 is 0 Å². The molecule has 2 aromatic heterocycles. The SMILES string of the molecule is CCCOCCCC(=O)c1ccc(-c2cc3c(-c4ccc(CNC(=O)OC(C)(C)C)cc4)ncnc3[nH]2)cc1. The van der Waals surface area contributed by atoms with Gasteiger partial charge >= 0.3 is 6.09 Å². The van der Waals surface area contributed by atoms with Gasteiger partial charge in [0.05, 0.1) is 5.69 Å². The Balaban J connectivity index is 1.44. The van der Waals surface area contributed by atoms with E-state index in [4.69, 9.17) is 9.47 Å². The highest BCUT2D eigenvalue weighted by Gasteiger charge is 2.16. The van der Waals surface area contributed by atoms with Crippen LogP contribution in [0.2, 0.25) is 0 Å². The summed E-state index contributed by atoms with van der Waals surface area (Å²) in [6.07, 6.45) is 3.29. The number of nitrogens with one attached hydrogen (secondary N) is 2. The number of aromatic amines is 1. The fraction of sp³-hybridized carbons (Fsp3) is 0.355. The van der Waals surface area contributed by atoms with E-state index in [1.807, 2.05) is 75.4 Å². The number of H-pyrrole nitrogens is 1. The molecule has 0 radical (unpaired) electrons. The second-order valence-corrected chi connectivity index (χ2v) is 10.4. The quantitative estimate of drug-likeness (QED) is 0.166. The van der Waals surface area contributed by atoms with Crippen LogP contribution in [-0.4, -0.2) is 45.6 Å². The van der Waals surface area contributed by atoms with Gasteiger partial charge in [0.1, 0.15) is 17.6 Å². The second-order valence-electron chi connectivity index (χ2n) is 10.4. The molecule has 0 aliphatic heterocycles. The number of aromatic nitrogens is 3.